The van der Waals surface area contributed by atoms with Crippen molar-refractivity contribution in [2.24, 2.45) is 4.99 Å². The molecule has 0 aliphatic carbocycles. The van der Waals surface area contributed by atoms with E-state index in [1.54, 1.807) is 0 Å². The number of amides is 1. The lowest BCUT2D eigenvalue weighted by Gasteiger charge is -2.26. The Labute approximate surface area is 170 Å². The highest BCUT2D eigenvalue weighted by atomic mass is 16.2. The van der Waals surface area contributed by atoms with E-state index in [2.05, 4.69) is 50.1 Å². The van der Waals surface area contributed by atoms with Gasteiger partial charge in [-0.2, -0.15) is 0 Å². The van der Waals surface area contributed by atoms with Crippen molar-refractivity contribution in [3.8, 4) is 0 Å². The summed E-state index contributed by atoms with van der Waals surface area (Å²) in [6.07, 6.45) is 4.01. The molecule has 1 aliphatic heterocycles. The van der Waals surface area contributed by atoms with Gasteiger partial charge in [-0.25, -0.2) is 4.99 Å². The van der Waals surface area contributed by atoms with Crippen LogP contribution in [-0.4, -0.2) is 48.5 Å². The minimum absolute atomic E-state index is 0.0415. The summed E-state index contributed by atoms with van der Waals surface area (Å²) in [7, 11) is 0. The van der Waals surface area contributed by atoms with Crippen LogP contribution < -0.4 is 16.0 Å². The Bertz CT molecular complexity index is 627. The van der Waals surface area contributed by atoms with Crippen LogP contribution in [-0.2, 0) is 17.9 Å². The van der Waals surface area contributed by atoms with E-state index in [0.29, 0.717) is 12.5 Å². The summed E-state index contributed by atoms with van der Waals surface area (Å²) < 4.78 is 0. The maximum Gasteiger partial charge on any atom is 0.239 e. The van der Waals surface area contributed by atoms with Gasteiger partial charge in [0.05, 0.1) is 13.1 Å². The Hall–Kier alpha value is -2.08. The Kier molecular flexibility index (Phi) is 8.77. The van der Waals surface area contributed by atoms with Gasteiger partial charge in [0.1, 0.15) is 0 Å². The van der Waals surface area contributed by atoms with E-state index >= 15 is 0 Å². The number of aliphatic imine (C=N–C) groups is 1. The fourth-order valence-electron chi connectivity index (χ4n) is 3.26. The number of carbonyl (C=O) groups is 1. The quantitative estimate of drug-likeness (QED) is 0.497. The minimum atomic E-state index is -0.232. The predicted octanol–water partition coefficient (Wildman–Crippen LogP) is 2.64. The molecule has 3 N–H and O–H groups in total. The van der Waals surface area contributed by atoms with Crippen molar-refractivity contribution in [2.75, 3.05) is 26.2 Å². The van der Waals surface area contributed by atoms with Crippen LogP contribution in [0.4, 0.5) is 0 Å². The number of guanidine groups is 1. The van der Waals surface area contributed by atoms with Gasteiger partial charge in [-0.3, -0.25) is 9.69 Å². The van der Waals surface area contributed by atoms with E-state index < -0.39 is 0 Å². The zero-order chi connectivity index (χ0) is 20.4. The van der Waals surface area contributed by atoms with Crippen molar-refractivity contribution in [3.63, 3.8) is 0 Å². The molecule has 1 aromatic rings. The van der Waals surface area contributed by atoms with E-state index in [1.807, 2.05) is 27.7 Å². The fourth-order valence-corrected chi connectivity index (χ4v) is 3.26. The van der Waals surface area contributed by atoms with Crippen molar-refractivity contribution in [1.29, 1.82) is 0 Å². The molecule has 0 bridgehead atoms. The molecule has 0 radical (unpaired) electrons. The second kappa shape index (κ2) is 11.1. The Balaban J connectivity index is 1.84. The standard InChI is InChI=1S/C22H37N5O/c1-5-23-21(25-16-20(28)26-22(2,3)4)24-15-18-9-11-19(12-10-18)17-27-13-7-6-8-14-27/h9-12H,5-8,13-17H2,1-4H3,(H,26,28)(H2,23,24,25). The molecule has 1 aromatic carbocycles. The molecule has 0 unspecified atom stereocenters. The second-order valence-corrected chi connectivity index (χ2v) is 8.50. The highest BCUT2D eigenvalue weighted by Crippen LogP contribution is 2.14. The number of hydrogen-bond donors (Lipinski definition) is 3. The molecule has 1 fully saturated rings. The predicted molar refractivity (Wildman–Crippen MR) is 116 cm³/mol. The first kappa shape index (κ1) is 22.2. The van der Waals surface area contributed by atoms with Crippen LogP contribution in [0, 0.1) is 0 Å². The summed E-state index contributed by atoms with van der Waals surface area (Å²) in [6.45, 7) is 12.9. The molecular weight excluding hydrogens is 350 g/mol. The minimum Gasteiger partial charge on any atom is -0.357 e. The van der Waals surface area contributed by atoms with E-state index in [9.17, 15) is 4.79 Å². The molecule has 2 rings (SSSR count). The zero-order valence-corrected chi connectivity index (χ0v) is 18.0. The van der Waals surface area contributed by atoms with E-state index in [0.717, 1.165) is 13.1 Å². The van der Waals surface area contributed by atoms with Gasteiger partial charge in [0.25, 0.3) is 0 Å². The summed E-state index contributed by atoms with van der Waals surface area (Å²) in [4.78, 5) is 19.1. The molecular formula is C22H37N5O. The Morgan fingerprint density at radius 3 is 2.29 bits per heavy atom. The lowest BCUT2D eigenvalue weighted by molar-refractivity contribution is -0.121. The van der Waals surface area contributed by atoms with Gasteiger partial charge in [0.2, 0.25) is 5.91 Å². The van der Waals surface area contributed by atoms with Gasteiger partial charge in [-0.05, 0) is 64.8 Å². The van der Waals surface area contributed by atoms with Crippen molar-refractivity contribution >= 4 is 11.9 Å². The number of rotatable bonds is 7. The molecule has 28 heavy (non-hydrogen) atoms. The second-order valence-electron chi connectivity index (χ2n) is 8.50. The van der Waals surface area contributed by atoms with Crippen LogP contribution in [0.25, 0.3) is 0 Å². The van der Waals surface area contributed by atoms with Crippen LogP contribution in [0.2, 0.25) is 0 Å². The van der Waals surface area contributed by atoms with Crippen molar-refractivity contribution in [3.05, 3.63) is 35.4 Å². The third kappa shape index (κ3) is 8.74. The first-order chi connectivity index (χ1) is 13.4. The molecule has 0 atom stereocenters. The molecule has 0 spiro atoms. The number of nitrogens with zero attached hydrogens (tertiary/aromatic N) is 2. The zero-order valence-electron chi connectivity index (χ0n) is 18.0. The van der Waals surface area contributed by atoms with E-state index in [-0.39, 0.29) is 18.0 Å². The van der Waals surface area contributed by atoms with Gasteiger partial charge >= 0.3 is 0 Å². The average Bonchev–Trinajstić information content (AvgIpc) is 2.65. The molecule has 6 nitrogen and oxygen atoms in total. The smallest absolute Gasteiger partial charge is 0.239 e. The van der Waals surface area contributed by atoms with Gasteiger partial charge in [-0.15, -0.1) is 0 Å². The molecule has 0 aromatic heterocycles. The highest BCUT2D eigenvalue weighted by Gasteiger charge is 2.13. The molecule has 0 saturated carbocycles. The van der Waals surface area contributed by atoms with Crippen LogP contribution >= 0.6 is 0 Å². The first-order valence-electron chi connectivity index (χ1n) is 10.5. The number of benzene rings is 1. The van der Waals surface area contributed by atoms with Crippen molar-refractivity contribution in [1.82, 2.24) is 20.9 Å². The van der Waals surface area contributed by atoms with Gasteiger partial charge in [-0.1, -0.05) is 30.7 Å². The lowest BCUT2D eigenvalue weighted by Crippen LogP contribution is -2.48. The number of hydrogen-bond acceptors (Lipinski definition) is 3. The third-order valence-electron chi connectivity index (χ3n) is 4.57. The summed E-state index contributed by atoms with van der Waals surface area (Å²) in [5.41, 5.74) is 2.29. The molecule has 1 amide bonds. The Morgan fingerprint density at radius 2 is 1.68 bits per heavy atom. The fraction of sp³-hybridized carbons (Fsp3) is 0.636. The lowest BCUT2D eigenvalue weighted by atomic mass is 10.1. The SMILES string of the molecule is CCNC(=NCc1ccc(CN2CCCCC2)cc1)NCC(=O)NC(C)(C)C. The molecule has 6 heteroatoms. The maximum absolute atomic E-state index is 12.0. The number of nitrogens with one attached hydrogen (secondary N) is 3. The van der Waals surface area contributed by atoms with Crippen LogP contribution in [0.1, 0.15) is 58.1 Å². The van der Waals surface area contributed by atoms with Crippen LogP contribution in [0.5, 0.6) is 0 Å². The van der Waals surface area contributed by atoms with Gasteiger partial charge in [0.15, 0.2) is 5.96 Å². The summed E-state index contributed by atoms with van der Waals surface area (Å²) in [6, 6.07) is 8.71. The van der Waals surface area contributed by atoms with Gasteiger partial charge < -0.3 is 16.0 Å². The van der Waals surface area contributed by atoms with Crippen molar-refractivity contribution < 1.29 is 4.79 Å². The topological polar surface area (TPSA) is 68.8 Å². The summed E-state index contributed by atoms with van der Waals surface area (Å²) >= 11 is 0. The Morgan fingerprint density at radius 1 is 1.04 bits per heavy atom. The van der Waals surface area contributed by atoms with Gasteiger partial charge in [0, 0.05) is 18.6 Å². The highest BCUT2D eigenvalue weighted by molar-refractivity contribution is 5.86. The normalized spacial score (nSPS) is 15.9. The monoisotopic (exact) mass is 387 g/mol. The molecule has 1 aliphatic rings. The summed E-state index contributed by atoms with van der Waals surface area (Å²) in [5.74, 6) is 0.615. The van der Waals surface area contributed by atoms with Crippen molar-refractivity contribution in [2.45, 2.75) is 65.6 Å². The largest absolute Gasteiger partial charge is 0.357 e. The molecule has 156 valence electrons. The number of likely N-dealkylation sites (tertiary alicyclic amines) is 1. The first-order valence-corrected chi connectivity index (χ1v) is 10.5. The van der Waals surface area contributed by atoms with Crippen LogP contribution in [0.15, 0.2) is 29.3 Å². The summed E-state index contributed by atoms with van der Waals surface area (Å²) in [5, 5.41) is 9.23. The van der Waals surface area contributed by atoms with E-state index in [1.165, 1.54) is 43.5 Å². The number of carbonyl (C=O) groups excluding carboxylic acids is 1. The maximum atomic E-state index is 12.0. The molecule has 1 saturated heterocycles. The van der Waals surface area contributed by atoms with E-state index in [4.69, 9.17) is 0 Å². The van der Waals surface area contributed by atoms with Crippen LogP contribution in [0.3, 0.4) is 0 Å². The molecule has 1 heterocycles. The third-order valence-corrected chi connectivity index (χ3v) is 4.57. The number of piperidine rings is 1. The average molecular weight is 388 g/mol.